The molecule has 4 atom stereocenters. The van der Waals surface area contributed by atoms with Crippen molar-refractivity contribution in [2.75, 3.05) is 14.1 Å². The van der Waals surface area contributed by atoms with Gasteiger partial charge in [-0.05, 0) is 67.2 Å². The third-order valence-electron chi connectivity index (χ3n) is 7.08. The average Bonchev–Trinajstić information content (AvgIpc) is 2.69. The van der Waals surface area contributed by atoms with Crippen molar-refractivity contribution in [2.24, 2.45) is 22.6 Å². The van der Waals surface area contributed by atoms with Crippen molar-refractivity contribution in [1.82, 2.24) is 4.90 Å². The molecule has 0 saturated heterocycles. The van der Waals surface area contributed by atoms with Gasteiger partial charge in [0.15, 0.2) is 17.0 Å². The van der Waals surface area contributed by atoms with Crippen LogP contribution in [0.4, 0.5) is 0 Å². The summed E-state index contributed by atoms with van der Waals surface area (Å²) in [6, 6.07) is 3.26. The van der Waals surface area contributed by atoms with Crippen molar-refractivity contribution in [3.63, 3.8) is 0 Å². The number of aliphatic hydroxyl groups is 2. The Kier molecular flexibility index (Phi) is 5.15. The Bertz CT molecular complexity index is 1310. The van der Waals surface area contributed by atoms with Crippen LogP contribution in [0.3, 0.4) is 0 Å². The first-order valence-electron chi connectivity index (χ1n) is 10.1. The fraction of sp³-hybridized carbons (Fsp3) is 0.364. The van der Waals surface area contributed by atoms with Gasteiger partial charge in [0.05, 0.1) is 34.3 Å². The monoisotopic (exact) mass is 579 g/mol. The first-order valence-corrected chi connectivity index (χ1v) is 11.2. The molecule has 1 saturated carbocycles. The predicted molar refractivity (Wildman–Crippen MR) is 127 cm³/mol. The molecule has 1 amide bonds. The van der Waals surface area contributed by atoms with Gasteiger partial charge in [0, 0.05) is 3.57 Å². The minimum Gasteiger partial charge on any atom is -0.509 e. The number of phenolic OH excluding ortho intramolecular Hbond substituents is 1. The number of Topliss-reactive ketones (excluding diaryl/α,β-unsaturated/α-hetero) is 2. The third kappa shape index (κ3) is 2.63. The van der Waals surface area contributed by atoms with E-state index in [-0.39, 0.29) is 17.7 Å². The number of benzene rings is 1. The fourth-order valence-corrected chi connectivity index (χ4v) is 6.44. The SMILES string of the molecule is CN(C)[C@@H]1C(=O)C(C(N)=O)=C(O)[C@@]2(C#N)C(=O)C3=C(O)c4c(O)ccc(I)c4C[C@@]3(N)C[C@@]12N. The number of amides is 1. The lowest BCUT2D eigenvalue weighted by Crippen LogP contribution is -2.80. The number of aromatic hydroxyl groups is 1. The molecule has 4 rings (SSSR count). The van der Waals surface area contributed by atoms with Gasteiger partial charge in [0.25, 0.3) is 5.91 Å². The Morgan fingerprint density at radius 1 is 1.24 bits per heavy atom. The number of nitrogens with zero attached hydrogens (tertiary/aromatic N) is 2. The third-order valence-corrected chi connectivity index (χ3v) is 8.09. The van der Waals surface area contributed by atoms with E-state index < -0.39 is 69.1 Å². The number of aliphatic hydroxyl groups excluding tert-OH is 2. The second kappa shape index (κ2) is 7.25. The maximum atomic E-state index is 14.1. The van der Waals surface area contributed by atoms with E-state index in [9.17, 15) is 35.0 Å². The molecule has 1 aromatic rings. The molecule has 0 aliphatic heterocycles. The van der Waals surface area contributed by atoms with Crippen molar-refractivity contribution >= 4 is 45.8 Å². The molecule has 178 valence electrons. The number of fused-ring (bicyclic) bond motifs is 3. The number of rotatable bonds is 2. The van der Waals surface area contributed by atoms with Crippen LogP contribution in [0.1, 0.15) is 17.5 Å². The number of hydrogen-bond acceptors (Lipinski definition) is 10. The molecular weight excluding hydrogens is 557 g/mol. The highest BCUT2D eigenvalue weighted by molar-refractivity contribution is 14.1. The number of nitriles is 1. The van der Waals surface area contributed by atoms with Crippen LogP contribution in [0.5, 0.6) is 5.75 Å². The smallest absolute Gasteiger partial charge is 0.255 e. The van der Waals surface area contributed by atoms with Gasteiger partial charge in [-0.1, -0.05) is 0 Å². The number of primary amides is 1. The molecule has 12 heteroatoms. The highest BCUT2D eigenvalue weighted by Gasteiger charge is 2.74. The summed E-state index contributed by atoms with van der Waals surface area (Å²) in [5, 5.41) is 43.0. The molecule has 1 fully saturated rings. The van der Waals surface area contributed by atoms with Crippen LogP contribution < -0.4 is 17.2 Å². The number of carbonyl (C=O) groups is 3. The van der Waals surface area contributed by atoms with Gasteiger partial charge in [0.2, 0.25) is 0 Å². The molecule has 9 N–H and O–H groups in total. The van der Waals surface area contributed by atoms with Gasteiger partial charge in [-0.25, -0.2) is 0 Å². The summed E-state index contributed by atoms with van der Waals surface area (Å²) in [7, 11) is 2.93. The number of hydrogen-bond donors (Lipinski definition) is 6. The summed E-state index contributed by atoms with van der Waals surface area (Å²) in [6.45, 7) is 0. The molecule has 0 spiro atoms. The topological polar surface area (TPSA) is 217 Å². The normalized spacial score (nSPS) is 32.8. The Labute approximate surface area is 207 Å². The average molecular weight is 579 g/mol. The number of halogens is 1. The largest absolute Gasteiger partial charge is 0.509 e. The quantitative estimate of drug-likeness (QED) is 0.195. The first kappa shape index (κ1) is 24.1. The fourth-order valence-electron chi connectivity index (χ4n) is 5.80. The molecule has 0 unspecified atom stereocenters. The van der Waals surface area contributed by atoms with Crippen LogP contribution in [0, 0.1) is 20.3 Å². The summed E-state index contributed by atoms with van der Waals surface area (Å²) >= 11 is 2.00. The number of ketones is 2. The van der Waals surface area contributed by atoms with E-state index >= 15 is 0 Å². The van der Waals surface area contributed by atoms with Gasteiger partial charge in [-0.3, -0.25) is 19.3 Å². The van der Waals surface area contributed by atoms with Crippen LogP contribution in [0.15, 0.2) is 29.0 Å². The van der Waals surface area contributed by atoms with Crippen LogP contribution in [-0.2, 0) is 20.8 Å². The highest BCUT2D eigenvalue weighted by atomic mass is 127. The van der Waals surface area contributed by atoms with Crippen molar-refractivity contribution in [3.05, 3.63) is 43.7 Å². The van der Waals surface area contributed by atoms with E-state index in [2.05, 4.69) is 0 Å². The lowest BCUT2D eigenvalue weighted by Gasteiger charge is -2.58. The Morgan fingerprint density at radius 3 is 2.38 bits per heavy atom. The van der Waals surface area contributed by atoms with Crippen molar-refractivity contribution in [1.29, 1.82) is 5.26 Å². The van der Waals surface area contributed by atoms with Gasteiger partial charge in [-0.2, -0.15) is 5.26 Å². The second-order valence-corrected chi connectivity index (χ2v) is 10.4. The predicted octanol–water partition coefficient (Wildman–Crippen LogP) is -0.490. The number of phenols is 1. The lowest BCUT2D eigenvalue weighted by atomic mass is 9.47. The van der Waals surface area contributed by atoms with E-state index in [1.807, 2.05) is 22.6 Å². The molecule has 1 aromatic carbocycles. The van der Waals surface area contributed by atoms with Gasteiger partial charge in [-0.15, -0.1) is 0 Å². The highest BCUT2D eigenvalue weighted by Crippen LogP contribution is 2.58. The van der Waals surface area contributed by atoms with Crippen LogP contribution in [0.25, 0.3) is 5.76 Å². The van der Waals surface area contributed by atoms with E-state index in [0.29, 0.717) is 9.13 Å². The lowest BCUT2D eigenvalue weighted by molar-refractivity contribution is -0.139. The zero-order valence-electron chi connectivity index (χ0n) is 18.2. The molecule has 3 aliphatic carbocycles. The van der Waals surface area contributed by atoms with E-state index in [1.165, 1.54) is 25.1 Å². The second-order valence-electron chi connectivity index (χ2n) is 9.20. The van der Waals surface area contributed by atoms with Crippen molar-refractivity contribution < 1.29 is 29.7 Å². The van der Waals surface area contributed by atoms with Gasteiger partial charge >= 0.3 is 0 Å². The molecule has 0 aromatic heterocycles. The summed E-state index contributed by atoms with van der Waals surface area (Å²) in [5.74, 6) is -5.58. The molecule has 34 heavy (non-hydrogen) atoms. The van der Waals surface area contributed by atoms with Crippen molar-refractivity contribution in [3.8, 4) is 11.8 Å². The van der Waals surface area contributed by atoms with E-state index in [4.69, 9.17) is 17.2 Å². The molecule has 0 radical (unpaired) electrons. The Balaban J connectivity index is 2.15. The van der Waals surface area contributed by atoms with Gasteiger partial charge in [0.1, 0.15) is 22.8 Å². The summed E-state index contributed by atoms with van der Waals surface area (Å²) in [4.78, 5) is 40.8. The maximum absolute atomic E-state index is 14.1. The number of likely N-dealkylation sites (N-methyl/N-ethyl adjacent to an activating group) is 1. The summed E-state index contributed by atoms with van der Waals surface area (Å²) in [5.41, 5.74) is 11.5. The number of carbonyl (C=O) groups excluding carboxylic acids is 3. The van der Waals surface area contributed by atoms with Crippen LogP contribution >= 0.6 is 22.6 Å². The zero-order chi connectivity index (χ0) is 25.5. The Morgan fingerprint density at radius 2 is 1.85 bits per heavy atom. The maximum Gasteiger partial charge on any atom is 0.255 e. The van der Waals surface area contributed by atoms with Crippen LogP contribution in [0.2, 0.25) is 0 Å². The molecule has 0 bridgehead atoms. The van der Waals surface area contributed by atoms with E-state index in [0.717, 1.165) is 0 Å². The minimum atomic E-state index is -2.65. The Hall–Kier alpha value is -2.99. The molecule has 11 nitrogen and oxygen atoms in total. The molecule has 0 heterocycles. The zero-order valence-corrected chi connectivity index (χ0v) is 20.4. The summed E-state index contributed by atoms with van der Waals surface area (Å²) < 4.78 is 0.652. The standard InChI is InChI=1S/C22H22IN5O6/c1-28(2)16-15(31)12(19(25)34)17(32)21(7-24)18(33)13-14(30)11-8(9(23)3-4-10(11)29)5-20(13,26)6-22(16,21)27/h3-4,16,29-30,32H,5-6,26-27H2,1-2H3,(H2,25,34)/t16-,20-,21+,22-/m1/s1. The molecule has 3 aliphatic rings. The van der Waals surface area contributed by atoms with E-state index in [1.54, 1.807) is 12.1 Å². The number of nitrogens with two attached hydrogens (primary N) is 3. The van der Waals surface area contributed by atoms with Crippen molar-refractivity contribution in [2.45, 2.75) is 30.0 Å². The minimum absolute atomic E-state index is 0.0245. The van der Waals surface area contributed by atoms with Gasteiger partial charge < -0.3 is 32.5 Å². The summed E-state index contributed by atoms with van der Waals surface area (Å²) in [6.07, 6.45) is -0.448. The first-order chi connectivity index (χ1) is 15.7. The van der Waals surface area contributed by atoms with Crippen LogP contribution in [-0.4, -0.2) is 68.9 Å². The molecular formula is C22H22IN5O6.